The minimum absolute atomic E-state index is 0.0364. The summed E-state index contributed by atoms with van der Waals surface area (Å²) in [6.45, 7) is 2.64. The lowest BCUT2D eigenvalue weighted by atomic mass is 9.93. The Kier molecular flexibility index (Phi) is 4.69. The van der Waals surface area contributed by atoms with Gasteiger partial charge in [-0.25, -0.2) is 12.8 Å². The molecule has 7 heteroatoms. The van der Waals surface area contributed by atoms with Crippen LogP contribution in [0.5, 0.6) is 0 Å². The minimum atomic E-state index is -3.78. The molecule has 1 heterocycles. The molecule has 0 saturated carbocycles. The van der Waals surface area contributed by atoms with E-state index in [1.165, 1.54) is 10.4 Å². The maximum Gasteiger partial charge on any atom is 0.244 e. The van der Waals surface area contributed by atoms with Crippen molar-refractivity contribution < 1.29 is 12.8 Å². The molecule has 2 N–H and O–H groups in total. The summed E-state index contributed by atoms with van der Waals surface area (Å²) in [5.74, 6) is -0.500. The van der Waals surface area contributed by atoms with Gasteiger partial charge in [0.2, 0.25) is 10.0 Å². The molecule has 1 saturated heterocycles. The summed E-state index contributed by atoms with van der Waals surface area (Å²) in [5, 5.41) is 0.0364. The fraction of sp³-hybridized carbons (Fsp3) is 0.538. The third-order valence-electron chi connectivity index (χ3n) is 3.68. The number of benzene rings is 1. The van der Waals surface area contributed by atoms with Crippen molar-refractivity contribution in [3.05, 3.63) is 29.0 Å². The predicted molar refractivity (Wildman–Crippen MR) is 76.5 cm³/mol. The highest BCUT2D eigenvalue weighted by atomic mass is 35.5. The van der Waals surface area contributed by atoms with Crippen molar-refractivity contribution in [2.45, 2.75) is 30.7 Å². The van der Waals surface area contributed by atoms with Gasteiger partial charge in [-0.05, 0) is 43.9 Å². The van der Waals surface area contributed by atoms with Gasteiger partial charge in [0.15, 0.2) is 0 Å². The second kappa shape index (κ2) is 5.97. The van der Waals surface area contributed by atoms with Crippen molar-refractivity contribution >= 4 is 21.6 Å². The first-order chi connectivity index (χ1) is 9.32. The molecule has 0 aromatic heterocycles. The minimum Gasteiger partial charge on any atom is -0.328 e. The molecule has 20 heavy (non-hydrogen) atoms. The van der Waals surface area contributed by atoms with Crippen LogP contribution in [0.2, 0.25) is 5.02 Å². The normalized spacial score (nSPS) is 22.7. The van der Waals surface area contributed by atoms with Crippen LogP contribution in [-0.4, -0.2) is 31.9 Å². The lowest BCUT2D eigenvalue weighted by Gasteiger charge is -2.33. The molecule has 1 fully saturated rings. The van der Waals surface area contributed by atoms with Gasteiger partial charge in [-0.2, -0.15) is 4.31 Å². The number of nitrogens with zero attached hydrogens (tertiary/aromatic N) is 1. The number of hydrogen-bond acceptors (Lipinski definition) is 3. The first kappa shape index (κ1) is 15.7. The van der Waals surface area contributed by atoms with E-state index in [1.807, 2.05) is 6.92 Å². The number of piperidine rings is 1. The lowest BCUT2D eigenvalue weighted by Crippen LogP contribution is -2.45. The molecule has 1 aromatic carbocycles. The maximum absolute atomic E-state index is 13.3. The summed E-state index contributed by atoms with van der Waals surface area (Å²) >= 11 is 5.90. The van der Waals surface area contributed by atoms with Gasteiger partial charge in [-0.3, -0.25) is 0 Å². The number of hydrogen-bond donors (Lipinski definition) is 1. The molecule has 2 atom stereocenters. The van der Waals surface area contributed by atoms with Crippen LogP contribution in [0.4, 0.5) is 4.39 Å². The zero-order valence-corrected chi connectivity index (χ0v) is 12.8. The third-order valence-corrected chi connectivity index (χ3v) is 6.02. The Bertz CT molecular complexity index is 592. The Morgan fingerprint density at radius 1 is 1.50 bits per heavy atom. The van der Waals surface area contributed by atoms with Crippen LogP contribution in [0.15, 0.2) is 23.1 Å². The molecule has 0 aliphatic carbocycles. The van der Waals surface area contributed by atoms with Crippen LogP contribution in [0.25, 0.3) is 0 Å². The Morgan fingerprint density at radius 3 is 2.85 bits per heavy atom. The lowest BCUT2D eigenvalue weighted by molar-refractivity contribution is 0.243. The van der Waals surface area contributed by atoms with Crippen molar-refractivity contribution in [2.75, 3.05) is 13.1 Å². The van der Waals surface area contributed by atoms with Gasteiger partial charge in [-0.15, -0.1) is 0 Å². The van der Waals surface area contributed by atoms with Gasteiger partial charge < -0.3 is 5.73 Å². The molecule has 2 rings (SSSR count). The molecule has 112 valence electrons. The van der Waals surface area contributed by atoms with Crippen molar-refractivity contribution in [1.29, 1.82) is 0 Å². The Balaban J connectivity index is 2.32. The Labute approximate surface area is 123 Å². The van der Waals surface area contributed by atoms with E-state index in [2.05, 4.69) is 0 Å². The largest absolute Gasteiger partial charge is 0.328 e. The smallest absolute Gasteiger partial charge is 0.244 e. The van der Waals surface area contributed by atoms with Gasteiger partial charge in [0.05, 0.1) is 5.02 Å². The van der Waals surface area contributed by atoms with Gasteiger partial charge in [-0.1, -0.05) is 11.6 Å². The van der Waals surface area contributed by atoms with E-state index < -0.39 is 15.8 Å². The predicted octanol–water partition coefficient (Wildman–Crippen LogP) is 2.23. The van der Waals surface area contributed by atoms with E-state index in [-0.39, 0.29) is 21.9 Å². The maximum atomic E-state index is 13.3. The first-order valence-electron chi connectivity index (χ1n) is 6.53. The van der Waals surface area contributed by atoms with Gasteiger partial charge in [0.25, 0.3) is 0 Å². The fourth-order valence-electron chi connectivity index (χ4n) is 2.44. The summed E-state index contributed by atoms with van der Waals surface area (Å²) in [6.07, 6.45) is 1.65. The van der Waals surface area contributed by atoms with E-state index in [0.717, 1.165) is 25.0 Å². The highest BCUT2D eigenvalue weighted by Gasteiger charge is 2.32. The second-order valence-corrected chi connectivity index (χ2v) is 7.51. The van der Waals surface area contributed by atoms with Crippen LogP contribution >= 0.6 is 11.6 Å². The first-order valence-corrected chi connectivity index (χ1v) is 8.35. The van der Waals surface area contributed by atoms with E-state index in [0.29, 0.717) is 13.1 Å². The van der Waals surface area contributed by atoms with Crippen LogP contribution in [-0.2, 0) is 10.0 Å². The van der Waals surface area contributed by atoms with Crippen molar-refractivity contribution in [3.8, 4) is 0 Å². The van der Waals surface area contributed by atoms with Crippen LogP contribution in [0.3, 0.4) is 0 Å². The summed E-state index contributed by atoms with van der Waals surface area (Å²) in [5.41, 5.74) is 5.86. The zero-order valence-electron chi connectivity index (χ0n) is 11.2. The summed E-state index contributed by atoms with van der Waals surface area (Å²) in [4.78, 5) is -0.176. The summed E-state index contributed by atoms with van der Waals surface area (Å²) < 4.78 is 39.8. The highest BCUT2D eigenvalue weighted by Crippen LogP contribution is 2.29. The standard InChI is InChI=1S/C13H18ClFN2O2S/c1-9(16)10-3-2-6-17(8-10)20(18,19)13-7-11(15)4-5-12(13)14/h4-5,7,9-10H,2-3,6,8,16H2,1H3/t9-,10+/m0/s1. The number of halogens is 2. The average Bonchev–Trinajstić information content (AvgIpc) is 2.41. The molecule has 1 aromatic rings. The summed E-state index contributed by atoms with van der Waals surface area (Å²) in [6, 6.07) is 3.29. The van der Waals surface area contributed by atoms with Gasteiger partial charge >= 0.3 is 0 Å². The van der Waals surface area contributed by atoms with Crippen LogP contribution < -0.4 is 5.73 Å². The molecule has 4 nitrogen and oxygen atoms in total. The second-order valence-electron chi connectivity index (χ2n) is 5.20. The van der Waals surface area contributed by atoms with E-state index in [9.17, 15) is 12.8 Å². The molecule has 0 amide bonds. The third kappa shape index (κ3) is 3.14. The molecule has 0 unspecified atom stereocenters. The molecular weight excluding hydrogens is 303 g/mol. The van der Waals surface area contributed by atoms with Crippen LogP contribution in [0.1, 0.15) is 19.8 Å². The monoisotopic (exact) mass is 320 g/mol. The van der Waals surface area contributed by atoms with Gasteiger partial charge in [0, 0.05) is 19.1 Å². The highest BCUT2D eigenvalue weighted by molar-refractivity contribution is 7.89. The van der Waals surface area contributed by atoms with Crippen molar-refractivity contribution in [1.82, 2.24) is 4.31 Å². The molecule has 0 bridgehead atoms. The molecule has 0 radical (unpaired) electrons. The SMILES string of the molecule is C[C@H](N)[C@@H]1CCCN(S(=O)(=O)c2cc(F)ccc2Cl)C1. The van der Waals surface area contributed by atoms with E-state index in [1.54, 1.807) is 0 Å². The molecule has 1 aliphatic rings. The van der Waals surface area contributed by atoms with E-state index in [4.69, 9.17) is 17.3 Å². The Morgan fingerprint density at radius 2 is 2.20 bits per heavy atom. The van der Waals surface area contributed by atoms with Gasteiger partial charge in [0.1, 0.15) is 10.7 Å². The topological polar surface area (TPSA) is 63.4 Å². The number of nitrogens with two attached hydrogens (primary N) is 1. The fourth-order valence-corrected chi connectivity index (χ4v) is 4.46. The zero-order chi connectivity index (χ0) is 14.9. The molecule has 1 aliphatic heterocycles. The van der Waals surface area contributed by atoms with Crippen molar-refractivity contribution in [2.24, 2.45) is 11.7 Å². The van der Waals surface area contributed by atoms with E-state index >= 15 is 0 Å². The Hall–Kier alpha value is -0.690. The van der Waals surface area contributed by atoms with Crippen LogP contribution in [0, 0.1) is 11.7 Å². The quantitative estimate of drug-likeness (QED) is 0.929. The van der Waals surface area contributed by atoms with Crippen molar-refractivity contribution in [3.63, 3.8) is 0 Å². The number of sulfonamides is 1. The summed E-state index contributed by atoms with van der Waals surface area (Å²) in [7, 11) is -3.78. The average molecular weight is 321 g/mol. The number of rotatable bonds is 3. The molecule has 0 spiro atoms. The molecular formula is C13H18ClFN2O2S.